The SMILES string of the molecule is Cc1ccc(Oc2ccc(F)cc2CBr)c(Cl)c1. The van der Waals surface area contributed by atoms with Gasteiger partial charge in [-0.1, -0.05) is 33.6 Å². The van der Waals surface area contributed by atoms with E-state index in [4.69, 9.17) is 16.3 Å². The lowest BCUT2D eigenvalue weighted by Gasteiger charge is -2.11. The van der Waals surface area contributed by atoms with Crippen LogP contribution >= 0.6 is 27.5 Å². The van der Waals surface area contributed by atoms with Gasteiger partial charge in [-0.15, -0.1) is 0 Å². The van der Waals surface area contributed by atoms with E-state index in [0.29, 0.717) is 21.9 Å². The minimum atomic E-state index is -0.285. The first-order chi connectivity index (χ1) is 8.60. The van der Waals surface area contributed by atoms with Crippen molar-refractivity contribution in [2.24, 2.45) is 0 Å². The quantitative estimate of drug-likeness (QED) is 0.678. The van der Waals surface area contributed by atoms with Gasteiger partial charge in [-0.25, -0.2) is 4.39 Å². The molecule has 0 saturated carbocycles. The maximum atomic E-state index is 13.1. The van der Waals surface area contributed by atoms with Crippen molar-refractivity contribution in [2.45, 2.75) is 12.3 Å². The van der Waals surface area contributed by atoms with Gasteiger partial charge in [0, 0.05) is 10.9 Å². The summed E-state index contributed by atoms with van der Waals surface area (Å²) in [7, 11) is 0. The Morgan fingerprint density at radius 2 is 1.89 bits per heavy atom. The van der Waals surface area contributed by atoms with E-state index in [1.54, 1.807) is 12.1 Å². The molecule has 0 aliphatic heterocycles. The average Bonchev–Trinajstić information content (AvgIpc) is 2.34. The van der Waals surface area contributed by atoms with Crippen molar-refractivity contribution in [3.8, 4) is 11.5 Å². The van der Waals surface area contributed by atoms with Crippen molar-refractivity contribution in [3.63, 3.8) is 0 Å². The molecule has 0 spiro atoms. The van der Waals surface area contributed by atoms with Gasteiger partial charge in [-0.05, 0) is 42.8 Å². The van der Waals surface area contributed by atoms with Crippen LogP contribution in [0.5, 0.6) is 11.5 Å². The highest BCUT2D eigenvalue weighted by Crippen LogP contribution is 2.32. The van der Waals surface area contributed by atoms with E-state index in [1.807, 2.05) is 19.1 Å². The summed E-state index contributed by atoms with van der Waals surface area (Å²) in [6, 6.07) is 9.95. The summed E-state index contributed by atoms with van der Waals surface area (Å²) in [4.78, 5) is 0. The van der Waals surface area contributed by atoms with Crippen molar-refractivity contribution >= 4 is 27.5 Å². The topological polar surface area (TPSA) is 9.23 Å². The van der Waals surface area contributed by atoms with Gasteiger partial charge in [0.05, 0.1) is 5.02 Å². The molecular formula is C14H11BrClFO. The fourth-order valence-electron chi connectivity index (χ4n) is 1.56. The average molecular weight is 330 g/mol. The second-order valence-electron chi connectivity index (χ2n) is 3.92. The molecule has 0 radical (unpaired) electrons. The largest absolute Gasteiger partial charge is 0.455 e. The first-order valence-electron chi connectivity index (χ1n) is 5.38. The van der Waals surface area contributed by atoms with Crippen LogP contribution in [0.3, 0.4) is 0 Å². The van der Waals surface area contributed by atoms with Crippen LogP contribution in [0.1, 0.15) is 11.1 Å². The maximum Gasteiger partial charge on any atom is 0.146 e. The lowest BCUT2D eigenvalue weighted by Crippen LogP contribution is -1.91. The third kappa shape index (κ3) is 3.03. The van der Waals surface area contributed by atoms with Crippen molar-refractivity contribution in [1.82, 2.24) is 0 Å². The number of alkyl halides is 1. The van der Waals surface area contributed by atoms with E-state index >= 15 is 0 Å². The molecule has 2 aromatic rings. The van der Waals surface area contributed by atoms with Crippen LogP contribution in [-0.4, -0.2) is 0 Å². The number of aryl methyl sites for hydroxylation is 1. The van der Waals surface area contributed by atoms with Crippen molar-refractivity contribution in [3.05, 3.63) is 58.4 Å². The molecule has 2 aromatic carbocycles. The molecule has 0 aliphatic rings. The van der Waals surface area contributed by atoms with Gasteiger partial charge in [0.25, 0.3) is 0 Å². The standard InChI is InChI=1S/C14H11BrClFO/c1-9-2-4-14(12(16)6-9)18-13-5-3-11(17)7-10(13)8-15/h2-7H,8H2,1H3. The number of rotatable bonds is 3. The molecule has 0 amide bonds. The number of ether oxygens (including phenoxy) is 1. The summed E-state index contributed by atoms with van der Waals surface area (Å²) in [6.45, 7) is 1.96. The smallest absolute Gasteiger partial charge is 0.146 e. The molecule has 0 unspecified atom stereocenters. The monoisotopic (exact) mass is 328 g/mol. The van der Waals surface area contributed by atoms with E-state index < -0.39 is 0 Å². The predicted molar refractivity (Wildman–Crippen MR) is 75.3 cm³/mol. The molecule has 94 valence electrons. The molecule has 2 rings (SSSR count). The highest BCUT2D eigenvalue weighted by atomic mass is 79.9. The molecule has 4 heteroatoms. The zero-order valence-corrected chi connectivity index (χ0v) is 12.1. The summed E-state index contributed by atoms with van der Waals surface area (Å²) < 4.78 is 18.8. The molecule has 0 aliphatic carbocycles. The number of halogens is 3. The van der Waals surface area contributed by atoms with E-state index in [0.717, 1.165) is 11.1 Å². The number of hydrogen-bond donors (Lipinski definition) is 0. The molecule has 18 heavy (non-hydrogen) atoms. The first kappa shape index (κ1) is 13.4. The Hall–Kier alpha value is -1.06. The fourth-order valence-corrected chi connectivity index (χ4v) is 2.27. The summed E-state index contributed by atoms with van der Waals surface area (Å²) in [6.07, 6.45) is 0. The van der Waals surface area contributed by atoms with E-state index in [9.17, 15) is 4.39 Å². The van der Waals surface area contributed by atoms with Crippen molar-refractivity contribution in [2.75, 3.05) is 0 Å². The van der Waals surface area contributed by atoms with Crippen LogP contribution in [0.4, 0.5) is 4.39 Å². The second-order valence-corrected chi connectivity index (χ2v) is 4.89. The third-order valence-corrected chi connectivity index (χ3v) is 3.37. The molecule has 1 nitrogen and oxygen atoms in total. The Balaban J connectivity index is 2.33. The highest BCUT2D eigenvalue weighted by Gasteiger charge is 2.08. The molecule has 0 N–H and O–H groups in total. The Morgan fingerprint density at radius 3 is 2.56 bits per heavy atom. The normalized spacial score (nSPS) is 10.4. The summed E-state index contributed by atoms with van der Waals surface area (Å²) in [5, 5.41) is 1.06. The van der Waals surface area contributed by atoms with Gasteiger partial charge in [-0.2, -0.15) is 0 Å². The zero-order chi connectivity index (χ0) is 13.1. The number of hydrogen-bond acceptors (Lipinski definition) is 1. The Labute approximate surface area is 119 Å². The highest BCUT2D eigenvalue weighted by molar-refractivity contribution is 9.08. The predicted octanol–water partition coefficient (Wildman–Crippen LogP) is 5.47. The lowest BCUT2D eigenvalue weighted by molar-refractivity contribution is 0.476. The fraction of sp³-hybridized carbons (Fsp3) is 0.143. The van der Waals surface area contributed by atoms with E-state index in [2.05, 4.69) is 15.9 Å². The van der Waals surface area contributed by atoms with Gasteiger partial charge in [-0.3, -0.25) is 0 Å². The lowest BCUT2D eigenvalue weighted by atomic mass is 10.2. The summed E-state index contributed by atoms with van der Waals surface area (Å²) in [5.74, 6) is 0.877. The number of benzene rings is 2. The van der Waals surface area contributed by atoms with Crippen LogP contribution in [0.15, 0.2) is 36.4 Å². The molecule has 0 saturated heterocycles. The van der Waals surface area contributed by atoms with Gasteiger partial charge < -0.3 is 4.74 Å². The molecular weight excluding hydrogens is 319 g/mol. The van der Waals surface area contributed by atoms with Crippen LogP contribution in [0, 0.1) is 12.7 Å². The molecule has 0 bridgehead atoms. The Bertz CT molecular complexity index is 572. The first-order valence-corrected chi connectivity index (χ1v) is 6.88. The minimum Gasteiger partial charge on any atom is -0.455 e. The Kier molecular flexibility index (Phi) is 4.25. The zero-order valence-electron chi connectivity index (χ0n) is 9.71. The summed E-state index contributed by atoms with van der Waals surface area (Å²) >= 11 is 9.40. The molecule has 0 fully saturated rings. The summed E-state index contributed by atoms with van der Waals surface area (Å²) in [5.41, 5.74) is 1.80. The molecule has 0 atom stereocenters. The molecule has 0 heterocycles. The van der Waals surface area contributed by atoms with Gasteiger partial charge in [0.15, 0.2) is 0 Å². The van der Waals surface area contributed by atoms with Crippen molar-refractivity contribution < 1.29 is 9.13 Å². The van der Waals surface area contributed by atoms with Crippen LogP contribution in [0.25, 0.3) is 0 Å². The maximum absolute atomic E-state index is 13.1. The van der Waals surface area contributed by atoms with Gasteiger partial charge >= 0.3 is 0 Å². The van der Waals surface area contributed by atoms with Gasteiger partial charge in [0.2, 0.25) is 0 Å². The third-order valence-electron chi connectivity index (χ3n) is 2.47. The van der Waals surface area contributed by atoms with E-state index in [-0.39, 0.29) is 5.82 Å². The van der Waals surface area contributed by atoms with Crippen LogP contribution in [-0.2, 0) is 5.33 Å². The van der Waals surface area contributed by atoms with Crippen LogP contribution in [0.2, 0.25) is 5.02 Å². The second kappa shape index (κ2) is 5.72. The minimum absolute atomic E-state index is 0.285. The van der Waals surface area contributed by atoms with Crippen LogP contribution < -0.4 is 4.74 Å². The molecule has 0 aromatic heterocycles. The van der Waals surface area contributed by atoms with Crippen molar-refractivity contribution in [1.29, 1.82) is 0 Å². The van der Waals surface area contributed by atoms with E-state index in [1.165, 1.54) is 12.1 Å². The van der Waals surface area contributed by atoms with Gasteiger partial charge in [0.1, 0.15) is 17.3 Å². The Morgan fingerprint density at radius 1 is 1.17 bits per heavy atom.